The van der Waals surface area contributed by atoms with Gasteiger partial charge in [0.15, 0.2) is 11.5 Å². The van der Waals surface area contributed by atoms with Gasteiger partial charge in [-0.2, -0.15) is 0 Å². The molecule has 0 aliphatic carbocycles. The monoisotopic (exact) mass is 406 g/mol. The van der Waals surface area contributed by atoms with Crippen LogP contribution in [0.5, 0.6) is 11.5 Å². The first-order valence-corrected chi connectivity index (χ1v) is 10.0. The molecule has 2 heterocycles. The van der Waals surface area contributed by atoms with Gasteiger partial charge in [0.05, 0.1) is 25.8 Å². The van der Waals surface area contributed by atoms with E-state index in [0.29, 0.717) is 11.5 Å². The lowest BCUT2D eigenvalue weighted by molar-refractivity contribution is 0.356. The first-order chi connectivity index (χ1) is 14.1. The van der Waals surface area contributed by atoms with E-state index in [-0.39, 0.29) is 6.04 Å². The van der Waals surface area contributed by atoms with Gasteiger partial charge in [0.1, 0.15) is 12.1 Å². The Hall–Kier alpha value is -3.32. The molecule has 7 heteroatoms. The topological polar surface area (TPSA) is 82.3 Å². The largest absolute Gasteiger partial charge is 0.493 e. The van der Waals surface area contributed by atoms with Gasteiger partial charge in [0.25, 0.3) is 0 Å². The number of rotatable bonds is 6. The van der Waals surface area contributed by atoms with Gasteiger partial charge in [-0.1, -0.05) is 18.2 Å². The molecular formula is C22H22N4O2S. The molecule has 0 bridgehead atoms. The minimum absolute atomic E-state index is 0.0601. The number of aromatic nitrogens is 2. The zero-order valence-electron chi connectivity index (χ0n) is 16.5. The number of hydrogen-bond donors (Lipinski definition) is 2. The number of para-hydroxylation sites is 1. The Labute approximate surface area is 173 Å². The lowest BCUT2D eigenvalue weighted by Crippen LogP contribution is -2.07. The third-order valence-corrected chi connectivity index (χ3v) is 5.93. The van der Waals surface area contributed by atoms with Crippen LogP contribution in [0.2, 0.25) is 0 Å². The minimum atomic E-state index is 0.0601. The second kappa shape index (κ2) is 7.97. The molecule has 3 N–H and O–H groups in total. The van der Waals surface area contributed by atoms with Crippen molar-refractivity contribution in [2.24, 2.45) is 0 Å². The number of hydrogen-bond acceptors (Lipinski definition) is 7. The standard InChI is InChI=1S/C22H22N4O2S/c1-13(21-8-14(11-29-21)15-6-4-5-7-17(15)23)26-22-16-9-19(27-2)20(28-3)10-18(16)24-12-25-22/h4-13H,23H2,1-3H3,(H,24,25,26). The molecule has 148 valence electrons. The fraction of sp³-hybridized carbons (Fsp3) is 0.182. The molecule has 29 heavy (non-hydrogen) atoms. The van der Waals surface area contributed by atoms with E-state index >= 15 is 0 Å². The van der Waals surface area contributed by atoms with Crippen LogP contribution >= 0.6 is 11.3 Å². The first-order valence-electron chi connectivity index (χ1n) is 9.17. The van der Waals surface area contributed by atoms with Crippen LogP contribution in [0.3, 0.4) is 0 Å². The van der Waals surface area contributed by atoms with Gasteiger partial charge in [-0.25, -0.2) is 9.97 Å². The third-order valence-electron chi connectivity index (χ3n) is 4.81. The summed E-state index contributed by atoms with van der Waals surface area (Å²) in [6.07, 6.45) is 1.55. The predicted octanol–water partition coefficient (Wildman–Crippen LogP) is 5.13. The van der Waals surface area contributed by atoms with Crippen molar-refractivity contribution in [3.05, 3.63) is 59.0 Å². The second-order valence-corrected chi connectivity index (χ2v) is 7.58. The SMILES string of the molecule is COc1cc2ncnc(NC(C)c3cc(-c4ccccc4N)cs3)c2cc1OC. The van der Waals surface area contributed by atoms with Gasteiger partial charge < -0.3 is 20.5 Å². The number of ether oxygens (including phenoxy) is 2. The van der Waals surface area contributed by atoms with Crippen molar-refractivity contribution in [3.63, 3.8) is 0 Å². The highest BCUT2D eigenvalue weighted by atomic mass is 32.1. The van der Waals surface area contributed by atoms with Crippen LogP contribution in [0, 0.1) is 0 Å². The molecule has 0 fully saturated rings. The third kappa shape index (κ3) is 3.69. The Morgan fingerprint density at radius 3 is 2.55 bits per heavy atom. The molecule has 0 spiro atoms. The number of nitrogens with two attached hydrogens (primary N) is 1. The zero-order valence-corrected chi connectivity index (χ0v) is 17.3. The number of nitrogen functional groups attached to an aromatic ring is 1. The molecular weight excluding hydrogens is 384 g/mol. The average molecular weight is 407 g/mol. The smallest absolute Gasteiger partial charge is 0.162 e. The van der Waals surface area contributed by atoms with Gasteiger partial charge in [-0.3, -0.25) is 0 Å². The maximum atomic E-state index is 6.12. The Bertz CT molecular complexity index is 1160. The highest BCUT2D eigenvalue weighted by Gasteiger charge is 2.15. The molecule has 4 rings (SSSR count). The summed E-state index contributed by atoms with van der Waals surface area (Å²) in [6.45, 7) is 2.11. The Balaban J connectivity index is 1.64. The lowest BCUT2D eigenvalue weighted by Gasteiger charge is -2.15. The highest BCUT2D eigenvalue weighted by Crippen LogP contribution is 2.36. The Morgan fingerprint density at radius 1 is 1.03 bits per heavy atom. The number of methoxy groups -OCH3 is 2. The van der Waals surface area contributed by atoms with E-state index in [0.717, 1.165) is 33.5 Å². The van der Waals surface area contributed by atoms with E-state index in [1.54, 1.807) is 31.9 Å². The molecule has 6 nitrogen and oxygen atoms in total. The Morgan fingerprint density at radius 2 is 1.79 bits per heavy atom. The summed E-state index contributed by atoms with van der Waals surface area (Å²) in [5.41, 5.74) is 9.86. The van der Waals surface area contributed by atoms with Gasteiger partial charge >= 0.3 is 0 Å². The summed E-state index contributed by atoms with van der Waals surface area (Å²) in [5, 5.41) is 6.51. The average Bonchev–Trinajstić information content (AvgIpc) is 3.23. The normalized spacial score (nSPS) is 12.0. The molecule has 0 saturated heterocycles. The quantitative estimate of drug-likeness (QED) is 0.432. The van der Waals surface area contributed by atoms with Gasteiger partial charge in [0, 0.05) is 27.6 Å². The number of nitrogens with zero attached hydrogens (tertiary/aromatic N) is 2. The van der Waals surface area contributed by atoms with Crippen molar-refractivity contribution >= 4 is 33.7 Å². The summed E-state index contributed by atoms with van der Waals surface area (Å²) in [4.78, 5) is 10.0. The Kier molecular flexibility index (Phi) is 5.22. The summed E-state index contributed by atoms with van der Waals surface area (Å²) in [6, 6.07) is 13.9. The summed E-state index contributed by atoms with van der Waals surface area (Å²) in [5.74, 6) is 2.03. The van der Waals surface area contributed by atoms with Crippen LogP contribution in [-0.2, 0) is 0 Å². The maximum Gasteiger partial charge on any atom is 0.162 e. The molecule has 0 radical (unpaired) electrons. The fourth-order valence-corrected chi connectivity index (χ4v) is 4.17. The van der Waals surface area contributed by atoms with Crippen LogP contribution in [0.1, 0.15) is 17.8 Å². The molecule has 1 atom stereocenters. The van der Waals surface area contributed by atoms with Gasteiger partial charge in [-0.05, 0) is 36.1 Å². The predicted molar refractivity (Wildman–Crippen MR) is 119 cm³/mol. The summed E-state index contributed by atoms with van der Waals surface area (Å²) >= 11 is 1.69. The minimum Gasteiger partial charge on any atom is -0.493 e. The zero-order chi connectivity index (χ0) is 20.4. The second-order valence-electron chi connectivity index (χ2n) is 6.64. The van der Waals surface area contributed by atoms with Crippen molar-refractivity contribution in [2.45, 2.75) is 13.0 Å². The molecule has 2 aromatic heterocycles. The molecule has 4 aromatic rings. The highest BCUT2D eigenvalue weighted by molar-refractivity contribution is 7.10. The van der Waals surface area contributed by atoms with Crippen LogP contribution in [0.25, 0.3) is 22.0 Å². The van der Waals surface area contributed by atoms with Crippen molar-refractivity contribution in [1.29, 1.82) is 0 Å². The number of nitrogens with one attached hydrogen (secondary N) is 1. The van der Waals surface area contributed by atoms with Crippen molar-refractivity contribution in [3.8, 4) is 22.6 Å². The molecule has 1 unspecified atom stereocenters. The van der Waals surface area contributed by atoms with E-state index < -0.39 is 0 Å². The molecule has 0 aliphatic rings. The molecule has 0 amide bonds. The van der Waals surface area contributed by atoms with Crippen molar-refractivity contribution < 1.29 is 9.47 Å². The number of anilines is 2. The van der Waals surface area contributed by atoms with E-state index in [1.165, 1.54) is 4.88 Å². The maximum absolute atomic E-state index is 6.12. The van der Waals surface area contributed by atoms with Gasteiger partial charge in [-0.15, -0.1) is 11.3 Å². The molecule has 0 saturated carbocycles. The summed E-state index contributed by atoms with van der Waals surface area (Å²) < 4.78 is 10.8. The van der Waals surface area contributed by atoms with Crippen LogP contribution in [-0.4, -0.2) is 24.2 Å². The number of fused-ring (bicyclic) bond motifs is 1. The van der Waals surface area contributed by atoms with Crippen LogP contribution in [0.4, 0.5) is 11.5 Å². The van der Waals surface area contributed by atoms with E-state index in [9.17, 15) is 0 Å². The van der Waals surface area contributed by atoms with E-state index in [2.05, 4.69) is 33.7 Å². The van der Waals surface area contributed by atoms with Crippen LogP contribution in [0.15, 0.2) is 54.2 Å². The van der Waals surface area contributed by atoms with Crippen molar-refractivity contribution in [2.75, 3.05) is 25.3 Å². The first kappa shape index (κ1) is 19.0. The van der Waals surface area contributed by atoms with E-state index in [1.807, 2.05) is 36.4 Å². The fourth-order valence-electron chi connectivity index (χ4n) is 3.26. The molecule has 0 aliphatic heterocycles. The molecule has 2 aromatic carbocycles. The lowest BCUT2D eigenvalue weighted by atomic mass is 10.1. The summed E-state index contributed by atoms with van der Waals surface area (Å²) in [7, 11) is 3.23. The van der Waals surface area contributed by atoms with Crippen molar-refractivity contribution in [1.82, 2.24) is 9.97 Å². The van der Waals surface area contributed by atoms with E-state index in [4.69, 9.17) is 15.2 Å². The van der Waals surface area contributed by atoms with Gasteiger partial charge in [0.2, 0.25) is 0 Å². The number of benzene rings is 2. The van der Waals surface area contributed by atoms with Crippen LogP contribution < -0.4 is 20.5 Å². The number of thiophene rings is 1.